The third-order valence-corrected chi connectivity index (χ3v) is 4.70. The van der Waals surface area contributed by atoms with Gasteiger partial charge in [0.25, 0.3) is 0 Å². The van der Waals surface area contributed by atoms with Crippen molar-refractivity contribution in [3.63, 3.8) is 0 Å². The van der Waals surface area contributed by atoms with Crippen LogP contribution in [0.1, 0.15) is 24.9 Å². The number of hydrogen-bond donors (Lipinski definition) is 1. The molecule has 2 atom stereocenters. The Morgan fingerprint density at radius 3 is 2.90 bits per heavy atom. The fraction of sp³-hybridized carbons (Fsp3) is 0.500. The lowest BCUT2D eigenvalue weighted by atomic mass is 10.0. The predicted octanol–water partition coefficient (Wildman–Crippen LogP) is 2.92. The molecule has 1 N–H and O–H groups in total. The van der Waals surface area contributed by atoms with Crippen LogP contribution in [0.5, 0.6) is 0 Å². The number of nitrogens with zero attached hydrogens (tertiary/aromatic N) is 1. The first kappa shape index (κ1) is 15.3. The van der Waals surface area contributed by atoms with E-state index in [2.05, 4.69) is 4.90 Å². The summed E-state index contributed by atoms with van der Waals surface area (Å²) in [6.07, 6.45) is 0.0705. The van der Waals surface area contributed by atoms with Gasteiger partial charge in [0, 0.05) is 30.1 Å². The smallest absolute Gasteiger partial charge is 0.304 e. The Kier molecular flexibility index (Phi) is 4.99. The van der Waals surface area contributed by atoms with Crippen molar-refractivity contribution >= 4 is 17.7 Å². The van der Waals surface area contributed by atoms with Crippen molar-refractivity contribution in [1.29, 1.82) is 0 Å². The van der Waals surface area contributed by atoms with Gasteiger partial charge in [-0.25, -0.2) is 8.78 Å². The van der Waals surface area contributed by atoms with Gasteiger partial charge in [-0.05, 0) is 24.6 Å². The molecule has 1 aromatic rings. The number of carboxylic acid groups (broad SMARTS) is 1. The zero-order valence-corrected chi connectivity index (χ0v) is 12.0. The monoisotopic (exact) mass is 301 g/mol. The van der Waals surface area contributed by atoms with Crippen molar-refractivity contribution in [2.45, 2.75) is 25.4 Å². The maximum atomic E-state index is 13.3. The first-order valence-corrected chi connectivity index (χ1v) is 7.64. The van der Waals surface area contributed by atoms with Crippen LogP contribution in [0.2, 0.25) is 0 Å². The number of carboxylic acids is 1. The summed E-state index contributed by atoms with van der Waals surface area (Å²) in [5.41, 5.74) is 0.672. The summed E-state index contributed by atoms with van der Waals surface area (Å²) in [6, 6.07) is 3.67. The van der Waals surface area contributed by atoms with Gasteiger partial charge in [0.15, 0.2) is 11.6 Å². The standard InChI is InChI=1S/C14H17F2NO2S/c1-9(10-2-3-12(15)13(16)6-10)17-4-5-20-8-11(17)7-14(18)19/h2-3,6,9,11H,4-5,7-8H2,1H3,(H,18,19). The van der Waals surface area contributed by atoms with E-state index in [-0.39, 0.29) is 18.5 Å². The predicted molar refractivity (Wildman–Crippen MR) is 74.8 cm³/mol. The molecule has 0 amide bonds. The highest BCUT2D eigenvalue weighted by Gasteiger charge is 2.29. The average Bonchev–Trinajstić information content (AvgIpc) is 2.41. The zero-order chi connectivity index (χ0) is 14.7. The number of aliphatic carboxylic acids is 1. The van der Waals surface area contributed by atoms with Crippen molar-refractivity contribution in [1.82, 2.24) is 4.90 Å². The van der Waals surface area contributed by atoms with Crippen molar-refractivity contribution < 1.29 is 18.7 Å². The molecular weight excluding hydrogens is 284 g/mol. The van der Waals surface area contributed by atoms with Gasteiger partial charge in [-0.15, -0.1) is 0 Å². The van der Waals surface area contributed by atoms with Gasteiger partial charge in [-0.1, -0.05) is 6.07 Å². The Morgan fingerprint density at radius 2 is 2.25 bits per heavy atom. The van der Waals surface area contributed by atoms with Gasteiger partial charge < -0.3 is 5.11 Å². The van der Waals surface area contributed by atoms with Crippen LogP contribution in [0.3, 0.4) is 0 Å². The molecule has 0 bridgehead atoms. The van der Waals surface area contributed by atoms with E-state index in [0.29, 0.717) is 5.56 Å². The topological polar surface area (TPSA) is 40.5 Å². The lowest BCUT2D eigenvalue weighted by Crippen LogP contribution is -2.44. The van der Waals surface area contributed by atoms with Gasteiger partial charge >= 0.3 is 5.97 Å². The Labute approximate surface area is 121 Å². The zero-order valence-electron chi connectivity index (χ0n) is 11.2. The van der Waals surface area contributed by atoms with E-state index in [1.807, 2.05) is 6.92 Å². The second-order valence-corrected chi connectivity index (χ2v) is 6.06. The number of halogens is 2. The van der Waals surface area contributed by atoms with E-state index in [4.69, 9.17) is 5.11 Å². The van der Waals surface area contributed by atoms with Crippen molar-refractivity contribution in [2.24, 2.45) is 0 Å². The Bertz CT molecular complexity index is 498. The quantitative estimate of drug-likeness (QED) is 0.928. The molecule has 1 aliphatic rings. The Hall–Kier alpha value is -1.14. The number of benzene rings is 1. The minimum absolute atomic E-state index is 0.0705. The molecule has 20 heavy (non-hydrogen) atoms. The fourth-order valence-electron chi connectivity index (χ4n) is 2.52. The van der Waals surface area contributed by atoms with E-state index in [9.17, 15) is 13.6 Å². The summed E-state index contributed by atoms with van der Waals surface area (Å²) < 4.78 is 26.3. The van der Waals surface area contributed by atoms with E-state index < -0.39 is 17.6 Å². The SMILES string of the molecule is CC(c1ccc(F)c(F)c1)N1CCSCC1CC(=O)O. The maximum absolute atomic E-state index is 13.3. The van der Waals surface area contributed by atoms with Crippen LogP contribution in [0.15, 0.2) is 18.2 Å². The van der Waals surface area contributed by atoms with Crippen LogP contribution in [0.25, 0.3) is 0 Å². The summed E-state index contributed by atoms with van der Waals surface area (Å²) in [5.74, 6) is -0.891. The van der Waals surface area contributed by atoms with Crippen LogP contribution >= 0.6 is 11.8 Å². The van der Waals surface area contributed by atoms with Crippen LogP contribution in [-0.2, 0) is 4.79 Å². The van der Waals surface area contributed by atoms with Crippen LogP contribution in [0.4, 0.5) is 8.78 Å². The summed E-state index contributed by atoms with van der Waals surface area (Å²) in [4.78, 5) is 13.0. The van der Waals surface area contributed by atoms with Gasteiger partial charge in [-0.3, -0.25) is 9.69 Å². The maximum Gasteiger partial charge on any atom is 0.304 e. The van der Waals surface area contributed by atoms with Crippen molar-refractivity contribution in [3.8, 4) is 0 Å². The highest BCUT2D eigenvalue weighted by Crippen LogP contribution is 2.29. The van der Waals surface area contributed by atoms with Crippen molar-refractivity contribution in [3.05, 3.63) is 35.4 Å². The molecule has 0 aliphatic carbocycles. The third-order valence-electron chi connectivity index (χ3n) is 3.61. The molecule has 1 aromatic carbocycles. The molecule has 0 radical (unpaired) electrons. The molecule has 2 rings (SSSR count). The molecule has 1 heterocycles. The molecule has 1 fully saturated rings. The summed E-state index contributed by atoms with van der Waals surface area (Å²) >= 11 is 1.73. The number of rotatable bonds is 4. The Balaban J connectivity index is 2.17. The molecule has 0 aromatic heterocycles. The molecule has 0 spiro atoms. The van der Waals surface area contributed by atoms with Crippen molar-refractivity contribution in [2.75, 3.05) is 18.1 Å². The first-order chi connectivity index (χ1) is 9.49. The molecular formula is C14H17F2NO2S. The second-order valence-electron chi connectivity index (χ2n) is 4.91. The van der Waals surface area contributed by atoms with Crippen LogP contribution < -0.4 is 0 Å². The fourth-order valence-corrected chi connectivity index (χ4v) is 3.61. The number of hydrogen-bond acceptors (Lipinski definition) is 3. The first-order valence-electron chi connectivity index (χ1n) is 6.49. The molecule has 3 nitrogen and oxygen atoms in total. The number of thioether (sulfide) groups is 1. The Morgan fingerprint density at radius 1 is 1.50 bits per heavy atom. The molecule has 1 saturated heterocycles. The van der Waals surface area contributed by atoms with Gasteiger partial charge in [0.1, 0.15) is 0 Å². The highest BCUT2D eigenvalue weighted by atomic mass is 32.2. The third kappa shape index (κ3) is 3.49. The van der Waals surface area contributed by atoms with E-state index >= 15 is 0 Å². The van der Waals surface area contributed by atoms with Gasteiger partial charge in [0.05, 0.1) is 6.42 Å². The minimum atomic E-state index is -0.865. The van der Waals surface area contributed by atoms with Gasteiger partial charge in [-0.2, -0.15) is 11.8 Å². The lowest BCUT2D eigenvalue weighted by molar-refractivity contribution is -0.138. The summed E-state index contributed by atoms with van der Waals surface area (Å²) in [6.45, 7) is 2.65. The molecule has 110 valence electrons. The minimum Gasteiger partial charge on any atom is -0.481 e. The second kappa shape index (κ2) is 6.54. The normalized spacial score (nSPS) is 21.6. The number of carbonyl (C=O) groups is 1. The van der Waals surface area contributed by atoms with E-state index in [1.54, 1.807) is 17.8 Å². The van der Waals surface area contributed by atoms with E-state index in [1.165, 1.54) is 6.07 Å². The highest BCUT2D eigenvalue weighted by molar-refractivity contribution is 7.99. The molecule has 1 aliphatic heterocycles. The summed E-state index contributed by atoms with van der Waals surface area (Å²) in [5, 5.41) is 8.97. The van der Waals surface area contributed by atoms with Gasteiger partial charge in [0.2, 0.25) is 0 Å². The summed E-state index contributed by atoms with van der Waals surface area (Å²) in [7, 11) is 0. The largest absolute Gasteiger partial charge is 0.481 e. The van der Waals surface area contributed by atoms with Crippen LogP contribution in [-0.4, -0.2) is 40.1 Å². The molecule has 2 unspecified atom stereocenters. The van der Waals surface area contributed by atoms with E-state index in [0.717, 1.165) is 24.1 Å². The lowest BCUT2D eigenvalue weighted by Gasteiger charge is -2.39. The molecule has 0 saturated carbocycles. The van der Waals surface area contributed by atoms with Crippen LogP contribution in [0, 0.1) is 11.6 Å². The average molecular weight is 301 g/mol. The molecule has 6 heteroatoms.